The zero-order valence-electron chi connectivity index (χ0n) is 12.2. The molecule has 2 amide bonds. The van der Waals surface area contributed by atoms with E-state index in [2.05, 4.69) is 10.7 Å². The summed E-state index contributed by atoms with van der Waals surface area (Å²) in [5.74, 6) is 4.87. The molecule has 0 fully saturated rings. The number of nitrogen functional groups attached to an aromatic ring is 1. The lowest BCUT2D eigenvalue weighted by Gasteiger charge is -2.19. The summed E-state index contributed by atoms with van der Waals surface area (Å²) in [6.07, 6.45) is 0. The van der Waals surface area contributed by atoms with Gasteiger partial charge in [0.2, 0.25) is 5.91 Å². The largest absolute Gasteiger partial charge is 0.355 e. The molecule has 6 nitrogen and oxygen atoms in total. The second-order valence-corrected chi connectivity index (χ2v) is 5.68. The third kappa shape index (κ3) is 4.59. The first-order valence-electron chi connectivity index (χ1n) is 6.61. The number of thiophene rings is 1. The summed E-state index contributed by atoms with van der Waals surface area (Å²) in [6.45, 7) is 8.28. The minimum absolute atomic E-state index is 0.0159. The molecule has 0 bridgehead atoms. The van der Waals surface area contributed by atoms with Gasteiger partial charge in [0.25, 0.3) is 5.91 Å². The van der Waals surface area contributed by atoms with Crippen molar-refractivity contribution in [2.45, 2.75) is 27.3 Å². The molecule has 0 aliphatic rings. The van der Waals surface area contributed by atoms with Gasteiger partial charge in [-0.15, -0.1) is 11.3 Å². The Morgan fingerprint density at radius 3 is 2.65 bits per heavy atom. The van der Waals surface area contributed by atoms with Gasteiger partial charge in [-0.2, -0.15) is 0 Å². The van der Waals surface area contributed by atoms with Crippen LogP contribution in [0.1, 0.15) is 34.0 Å². The fraction of sp³-hybridized carbons (Fsp3) is 0.538. The molecule has 7 heteroatoms. The molecule has 1 rings (SSSR count). The van der Waals surface area contributed by atoms with Crippen LogP contribution in [0.4, 0.5) is 0 Å². The highest BCUT2D eigenvalue weighted by molar-refractivity contribution is 7.14. The number of nitrogens with one attached hydrogen (secondary N) is 2. The van der Waals surface area contributed by atoms with Crippen LogP contribution in [-0.4, -0.2) is 36.3 Å². The Kier molecular flexibility index (Phi) is 6.63. The van der Waals surface area contributed by atoms with Crippen LogP contribution in [0.2, 0.25) is 0 Å². The summed E-state index contributed by atoms with van der Waals surface area (Å²) in [5.41, 5.74) is 3.19. The molecule has 0 spiro atoms. The Hall–Kier alpha value is -1.44. The van der Waals surface area contributed by atoms with E-state index >= 15 is 0 Å². The quantitative estimate of drug-likeness (QED) is 0.391. The lowest BCUT2D eigenvalue weighted by molar-refractivity contribution is -0.122. The number of aryl methyl sites for hydroxylation is 1. The number of rotatable bonds is 7. The summed E-state index contributed by atoms with van der Waals surface area (Å²) in [6, 6.07) is 1.84. The highest BCUT2D eigenvalue weighted by Crippen LogP contribution is 2.22. The molecule has 0 aliphatic heterocycles. The normalized spacial score (nSPS) is 10.7. The molecule has 1 aromatic rings. The van der Waals surface area contributed by atoms with Crippen molar-refractivity contribution in [3.8, 4) is 0 Å². The number of amides is 2. The van der Waals surface area contributed by atoms with Crippen molar-refractivity contribution in [1.29, 1.82) is 0 Å². The number of hydrogen-bond donors (Lipinski definition) is 3. The van der Waals surface area contributed by atoms with Gasteiger partial charge in [-0.3, -0.25) is 19.9 Å². The predicted molar refractivity (Wildman–Crippen MR) is 80.3 cm³/mol. The van der Waals surface area contributed by atoms with Crippen molar-refractivity contribution in [1.82, 2.24) is 15.6 Å². The Bertz CT molecular complexity index is 473. The first kappa shape index (κ1) is 16.6. The summed E-state index contributed by atoms with van der Waals surface area (Å²) in [4.78, 5) is 26.8. The van der Waals surface area contributed by atoms with Crippen LogP contribution in [0, 0.1) is 6.92 Å². The van der Waals surface area contributed by atoms with Gasteiger partial charge in [-0.05, 0) is 32.0 Å². The first-order valence-corrected chi connectivity index (χ1v) is 7.42. The van der Waals surface area contributed by atoms with Gasteiger partial charge in [-0.25, -0.2) is 5.84 Å². The molecular weight excluding hydrogens is 276 g/mol. The van der Waals surface area contributed by atoms with Crippen molar-refractivity contribution in [2.24, 2.45) is 5.84 Å². The fourth-order valence-corrected chi connectivity index (χ4v) is 2.77. The number of carbonyl (C=O) groups excluding carboxylic acids is 2. The molecule has 0 aromatic carbocycles. The highest BCUT2D eigenvalue weighted by Gasteiger charge is 2.15. The van der Waals surface area contributed by atoms with Gasteiger partial charge in [0.1, 0.15) is 0 Å². The molecule has 4 N–H and O–H groups in total. The number of hydrazine groups is 1. The zero-order valence-corrected chi connectivity index (χ0v) is 13.0. The molecule has 20 heavy (non-hydrogen) atoms. The minimum atomic E-state index is -0.281. The van der Waals surface area contributed by atoms with E-state index in [9.17, 15) is 9.59 Å². The molecule has 0 radical (unpaired) electrons. The van der Waals surface area contributed by atoms with Gasteiger partial charge < -0.3 is 5.32 Å². The molecule has 0 aliphatic carbocycles. The lowest BCUT2D eigenvalue weighted by atomic mass is 10.2. The Labute approximate surface area is 123 Å². The third-order valence-electron chi connectivity index (χ3n) is 2.96. The summed E-state index contributed by atoms with van der Waals surface area (Å²) in [5, 5.41) is 2.78. The molecule has 0 saturated carbocycles. The van der Waals surface area contributed by atoms with Crippen molar-refractivity contribution in [2.75, 3.05) is 19.6 Å². The monoisotopic (exact) mass is 298 g/mol. The maximum Gasteiger partial charge on any atom is 0.275 e. The van der Waals surface area contributed by atoms with E-state index in [0.29, 0.717) is 24.5 Å². The fourth-order valence-electron chi connectivity index (χ4n) is 1.84. The van der Waals surface area contributed by atoms with Crippen LogP contribution >= 0.6 is 11.3 Å². The van der Waals surface area contributed by atoms with Gasteiger partial charge in [0.15, 0.2) is 0 Å². The van der Waals surface area contributed by atoms with Gasteiger partial charge in [0.05, 0.1) is 11.4 Å². The van der Waals surface area contributed by atoms with E-state index in [0.717, 1.165) is 17.0 Å². The Balaban J connectivity index is 2.72. The zero-order chi connectivity index (χ0) is 15.1. The van der Waals surface area contributed by atoms with E-state index in [4.69, 9.17) is 5.84 Å². The highest BCUT2D eigenvalue weighted by atomic mass is 32.1. The average molecular weight is 298 g/mol. The van der Waals surface area contributed by atoms with Crippen molar-refractivity contribution >= 4 is 23.2 Å². The third-order valence-corrected chi connectivity index (χ3v) is 4.05. The minimum Gasteiger partial charge on any atom is -0.355 e. The maximum atomic E-state index is 11.6. The first-order chi connectivity index (χ1) is 9.51. The Morgan fingerprint density at radius 2 is 2.10 bits per heavy atom. The molecule has 112 valence electrons. The summed E-state index contributed by atoms with van der Waals surface area (Å²) < 4.78 is 0. The van der Waals surface area contributed by atoms with Crippen LogP contribution in [0.15, 0.2) is 6.07 Å². The second kappa shape index (κ2) is 7.98. The molecule has 1 heterocycles. The van der Waals surface area contributed by atoms with Crippen molar-refractivity contribution in [3.63, 3.8) is 0 Å². The van der Waals surface area contributed by atoms with Crippen LogP contribution in [-0.2, 0) is 11.3 Å². The van der Waals surface area contributed by atoms with Crippen LogP contribution < -0.4 is 16.6 Å². The van der Waals surface area contributed by atoms with Gasteiger partial charge in [0, 0.05) is 18.0 Å². The molecule has 0 unspecified atom stereocenters. The number of carbonyl (C=O) groups is 2. The summed E-state index contributed by atoms with van der Waals surface area (Å²) in [7, 11) is 0. The molecule has 0 atom stereocenters. The van der Waals surface area contributed by atoms with Crippen molar-refractivity contribution < 1.29 is 9.59 Å². The predicted octanol–water partition coefficient (Wildman–Crippen LogP) is 0.618. The second-order valence-electron chi connectivity index (χ2n) is 4.42. The number of nitrogens with two attached hydrogens (primary N) is 1. The smallest absolute Gasteiger partial charge is 0.275 e. The van der Waals surface area contributed by atoms with Crippen LogP contribution in [0.5, 0.6) is 0 Å². The van der Waals surface area contributed by atoms with E-state index in [1.54, 1.807) is 0 Å². The van der Waals surface area contributed by atoms with Gasteiger partial charge >= 0.3 is 0 Å². The average Bonchev–Trinajstić information content (AvgIpc) is 2.78. The molecular formula is C13H22N4O2S. The summed E-state index contributed by atoms with van der Waals surface area (Å²) >= 11 is 1.41. The van der Waals surface area contributed by atoms with Crippen molar-refractivity contribution in [3.05, 3.63) is 21.4 Å². The topological polar surface area (TPSA) is 87.5 Å². The van der Waals surface area contributed by atoms with E-state index in [1.807, 2.05) is 31.7 Å². The number of nitrogens with zero attached hydrogens (tertiary/aromatic N) is 1. The molecule has 1 aromatic heterocycles. The van der Waals surface area contributed by atoms with E-state index < -0.39 is 0 Å². The number of likely N-dealkylation sites (N-methyl/N-ethyl adjacent to an activating group) is 2. The van der Waals surface area contributed by atoms with Crippen LogP contribution in [0.25, 0.3) is 0 Å². The standard InChI is InChI=1S/C13H22N4O2S/c1-4-15-12(18)8-17(5-2)7-10-6-11(13(19)16-14)20-9(10)3/h6H,4-5,7-8,14H2,1-3H3,(H,15,18)(H,16,19). The van der Waals surface area contributed by atoms with Gasteiger partial charge in [-0.1, -0.05) is 6.92 Å². The Morgan fingerprint density at radius 1 is 1.40 bits per heavy atom. The lowest BCUT2D eigenvalue weighted by Crippen LogP contribution is -2.36. The maximum absolute atomic E-state index is 11.6. The SMILES string of the molecule is CCNC(=O)CN(CC)Cc1cc(C(=O)NN)sc1C. The van der Waals surface area contributed by atoms with Crippen LogP contribution in [0.3, 0.4) is 0 Å². The van der Waals surface area contributed by atoms with E-state index in [-0.39, 0.29) is 11.8 Å². The molecule has 0 saturated heterocycles. The number of hydrogen-bond acceptors (Lipinski definition) is 5. The van der Waals surface area contributed by atoms with E-state index in [1.165, 1.54) is 11.3 Å².